The molecule has 0 saturated heterocycles. The van der Waals surface area contributed by atoms with Crippen LogP contribution in [0.4, 0.5) is 10.1 Å². The summed E-state index contributed by atoms with van der Waals surface area (Å²) in [6.07, 6.45) is 0. The highest BCUT2D eigenvalue weighted by atomic mass is 35.5. The number of hydrogen-bond donors (Lipinski definition) is 2. The first kappa shape index (κ1) is 9.80. The first-order chi connectivity index (χ1) is 6.06. The molecule has 0 bridgehead atoms. The van der Waals surface area contributed by atoms with Crippen molar-refractivity contribution in [1.29, 1.82) is 0 Å². The summed E-state index contributed by atoms with van der Waals surface area (Å²) in [6.45, 7) is 0. The Hall–Kier alpha value is -1.29. The van der Waals surface area contributed by atoms with E-state index in [1.807, 2.05) is 0 Å². The monoisotopic (exact) mass is 203 g/mol. The zero-order valence-corrected chi connectivity index (χ0v) is 7.31. The summed E-state index contributed by atoms with van der Waals surface area (Å²) in [4.78, 5) is 11.0. The van der Waals surface area contributed by atoms with Gasteiger partial charge in [0.2, 0.25) is 0 Å². The highest BCUT2D eigenvalue weighted by Gasteiger charge is 2.13. The maximum absolute atomic E-state index is 12.9. The Labute approximate surface area is 78.9 Å². The third-order valence-corrected chi connectivity index (χ3v) is 1.78. The van der Waals surface area contributed by atoms with Gasteiger partial charge in [-0.3, -0.25) is 4.79 Å². The number of alkyl halides is 1. The Morgan fingerprint density at radius 1 is 1.62 bits per heavy atom. The van der Waals surface area contributed by atoms with Gasteiger partial charge >= 0.3 is 0 Å². The fourth-order valence-corrected chi connectivity index (χ4v) is 1.05. The van der Waals surface area contributed by atoms with Crippen LogP contribution >= 0.6 is 11.6 Å². The highest BCUT2D eigenvalue weighted by Crippen LogP contribution is 2.23. The Morgan fingerprint density at radius 3 is 2.77 bits per heavy atom. The third-order valence-electron chi connectivity index (χ3n) is 1.54. The van der Waals surface area contributed by atoms with Crippen LogP contribution in [0.1, 0.15) is 10.4 Å². The molecule has 1 aromatic carbocycles. The lowest BCUT2D eigenvalue weighted by Gasteiger charge is -2.04. The molecule has 0 aliphatic heterocycles. The van der Waals surface area contributed by atoms with E-state index in [2.05, 4.69) is 0 Å². The van der Waals surface area contributed by atoms with Crippen LogP contribution in [0.15, 0.2) is 12.1 Å². The fourth-order valence-electron chi connectivity index (χ4n) is 0.906. The van der Waals surface area contributed by atoms with Gasteiger partial charge in [0, 0.05) is 11.6 Å². The summed E-state index contributed by atoms with van der Waals surface area (Å²) in [7, 11) is 0. The lowest BCUT2D eigenvalue weighted by atomic mass is 10.1. The lowest BCUT2D eigenvalue weighted by molar-refractivity contribution is 0.102. The van der Waals surface area contributed by atoms with E-state index in [9.17, 15) is 9.18 Å². The molecule has 3 N–H and O–H groups in total. The van der Waals surface area contributed by atoms with Crippen molar-refractivity contribution in [2.75, 3.05) is 11.6 Å². The van der Waals surface area contributed by atoms with Gasteiger partial charge in [-0.25, -0.2) is 4.39 Å². The Balaban J connectivity index is 3.28. The average Bonchev–Trinajstić information content (AvgIpc) is 2.10. The third kappa shape index (κ3) is 1.89. The van der Waals surface area contributed by atoms with Crippen molar-refractivity contribution in [2.24, 2.45) is 0 Å². The standard InChI is InChI=1S/C8H7ClFNO2/c9-3-7(13)5-1-4(12)2-6(10)8(5)11/h1-2,12H,3,11H2. The van der Waals surface area contributed by atoms with E-state index >= 15 is 0 Å². The highest BCUT2D eigenvalue weighted by molar-refractivity contribution is 6.31. The van der Waals surface area contributed by atoms with Gasteiger partial charge in [0.1, 0.15) is 5.75 Å². The number of ketones is 1. The molecule has 0 aromatic heterocycles. The summed E-state index contributed by atoms with van der Waals surface area (Å²) >= 11 is 5.25. The zero-order chi connectivity index (χ0) is 10.0. The van der Waals surface area contributed by atoms with Crippen LogP contribution in [0, 0.1) is 5.82 Å². The number of nitrogen functional groups attached to an aromatic ring is 1. The Bertz CT molecular complexity index is 354. The molecule has 0 atom stereocenters. The van der Waals surface area contributed by atoms with Crippen molar-refractivity contribution in [3.05, 3.63) is 23.5 Å². The minimum absolute atomic E-state index is 0.0903. The molecule has 1 rings (SSSR count). The predicted octanol–water partition coefficient (Wildman–Crippen LogP) is 1.53. The van der Waals surface area contributed by atoms with Gasteiger partial charge in [0.25, 0.3) is 0 Å². The zero-order valence-electron chi connectivity index (χ0n) is 6.55. The summed E-state index contributed by atoms with van der Waals surface area (Å²) in [6, 6.07) is 1.92. The quantitative estimate of drug-likeness (QED) is 0.332. The van der Waals surface area contributed by atoms with Gasteiger partial charge in [0.15, 0.2) is 11.6 Å². The SMILES string of the molecule is Nc1c(F)cc(O)cc1C(=O)CCl. The van der Waals surface area contributed by atoms with Crippen molar-refractivity contribution in [3.8, 4) is 5.75 Å². The second-order valence-corrected chi connectivity index (χ2v) is 2.71. The molecule has 0 amide bonds. The largest absolute Gasteiger partial charge is 0.508 e. The first-order valence-electron chi connectivity index (χ1n) is 3.43. The minimum atomic E-state index is -0.825. The van der Waals surface area contributed by atoms with Crippen molar-refractivity contribution >= 4 is 23.1 Å². The maximum Gasteiger partial charge on any atom is 0.179 e. The predicted molar refractivity (Wildman–Crippen MR) is 47.5 cm³/mol. The Morgan fingerprint density at radius 2 is 2.23 bits per heavy atom. The molecule has 0 fully saturated rings. The fraction of sp³-hybridized carbons (Fsp3) is 0.125. The molecule has 70 valence electrons. The van der Waals surface area contributed by atoms with Crippen LogP contribution < -0.4 is 5.73 Å². The molecule has 0 saturated carbocycles. The van der Waals surface area contributed by atoms with Crippen LogP contribution in [-0.4, -0.2) is 16.8 Å². The van der Waals surface area contributed by atoms with Crippen LogP contribution in [0.2, 0.25) is 0 Å². The van der Waals surface area contributed by atoms with Crippen LogP contribution in [0.25, 0.3) is 0 Å². The summed E-state index contributed by atoms with van der Waals surface area (Å²) < 4.78 is 12.9. The van der Waals surface area contributed by atoms with Gasteiger partial charge in [-0.1, -0.05) is 0 Å². The Kier molecular flexibility index (Phi) is 2.72. The number of carbonyl (C=O) groups is 1. The molecule has 13 heavy (non-hydrogen) atoms. The van der Waals surface area contributed by atoms with E-state index in [4.69, 9.17) is 22.4 Å². The lowest BCUT2D eigenvalue weighted by Crippen LogP contribution is -2.06. The van der Waals surface area contributed by atoms with Crippen LogP contribution in [0.3, 0.4) is 0 Å². The molecule has 0 spiro atoms. The van der Waals surface area contributed by atoms with Crippen molar-refractivity contribution < 1.29 is 14.3 Å². The maximum atomic E-state index is 12.9. The molecule has 1 aromatic rings. The number of hydrogen-bond acceptors (Lipinski definition) is 3. The number of aromatic hydroxyl groups is 1. The number of nitrogens with two attached hydrogens (primary N) is 1. The van der Waals surface area contributed by atoms with Gasteiger partial charge in [-0.2, -0.15) is 0 Å². The molecule has 5 heteroatoms. The van der Waals surface area contributed by atoms with Crippen molar-refractivity contribution in [3.63, 3.8) is 0 Å². The summed E-state index contributed by atoms with van der Waals surface area (Å²) in [5, 5.41) is 8.97. The molecule has 0 aliphatic rings. The number of phenolic OH excluding ortho intramolecular Hbond substituents is 1. The minimum Gasteiger partial charge on any atom is -0.508 e. The number of carbonyl (C=O) groups excluding carboxylic acids is 1. The summed E-state index contributed by atoms with van der Waals surface area (Å²) in [5.41, 5.74) is 4.88. The second kappa shape index (κ2) is 3.62. The van der Waals surface area contributed by atoms with Crippen molar-refractivity contribution in [1.82, 2.24) is 0 Å². The number of anilines is 1. The van der Waals surface area contributed by atoms with Crippen molar-refractivity contribution in [2.45, 2.75) is 0 Å². The van der Waals surface area contributed by atoms with Gasteiger partial charge in [0.05, 0.1) is 11.6 Å². The molecule has 3 nitrogen and oxygen atoms in total. The first-order valence-corrected chi connectivity index (χ1v) is 3.97. The number of benzene rings is 1. The van der Waals surface area contributed by atoms with E-state index < -0.39 is 11.6 Å². The van der Waals surface area contributed by atoms with Crippen LogP contribution in [-0.2, 0) is 0 Å². The van der Waals surface area contributed by atoms with Crippen LogP contribution in [0.5, 0.6) is 5.75 Å². The number of halogens is 2. The molecule has 0 heterocycles. The van der Waals surface area contributed by atoms with E-state index in [1.54, 1.807) is 0 Å². The van der Waals surface area contributed by atoms with Gasteiger partial charge < -0.3 is 10.8 Å². The van der Waals surface area contributed by atoms with E-state index in [-0.39, 0.29) is 22.9 Å². The summed E-state index contributed by atoms with van der Waals surface area (Å²) in [5.74, 6) is -1.99. The molecule has 0 radical (unpaired) electrons. The molecule has 0 unspecified atom stereocenters. The van der Waals surface area contributed by atoms with Gasteiger partial charge in [-0.15, -0.1) is 11.6 Å². The molecule has 0 aliphatic carbocycles. The molecular formula is C8H7ClFNO2. The second-order valence-electron chi connectivity index (χ2n) is 2.45. The van der Waals surface area contributed by atoms with E-state index in [1.165, 1.54) is 0 Å². The number of rotatable bonds is 2. The smallest absolute Gasteiger partial charge is 0.179 e. The average molecular weight is 204 g/mol. The van der Waals surface area contributed by atoms with E-state index in [0.29, 0.717) is 0 Å². The normalized spacial score (nSPS) is 10.0. The van der Waals surface area contributed by atoms with Gasteiger partial charge in [-0.05, 0) is 6.07 Å². The van der Waals surface area contributed by atoms with E-state index in [0.717, 1.165) is 12.1 Å². The number of phenols is 1. The topological polar surface area (TPSA) is 63.3 Å². The number of Topliss-reactive ketones (excluding diaryl/α,β-unsaturated/α-hetero) is 1. The molecular weight excluding hydrogens is 197 g/mol.